The van der Waals surface area contributed by atoms with Crippen molar-refractivity contribution in [1.29, 1.82) is 0 Å². The summed E-state index contributed by atoms with van der Waals surface area (Å²) < 4.78 is 0. The highest BCUT2D eigenvalue weighted by atomic mass is 32.1. The molecule has 0 radical (unpaired) electrons. The largest absolute Gasteiger partial charge is 0.321 e. The summed E-state index contributed by atoms with van der Waals surface area (Å²) in [4.78, 5) is 23.6. The molecular formula is C18H17N3OS. The Kier molecular flexibility index (Phi) is 3.38. The van der Waals surface area contributed by atoms with Crippen molar-refractivity contribution in [2.24, 2.45) is 0 Å². The summed E-state index contributed by atoms with van der Waals surface area (Å²) in [5, 5.41) is 3.98. The fourth-order valence-corrected chi connectivity index (χ4v) is 3.94. The molecule has 0 aliphatic heterocycles. The molecule has 0 saturated heterocycles. The standard InChI is InChI=1S/C18H17N3OS/c1-10-14-11(2)19-16(12-8-9-12)21-18(14)23-15(10)17(22)20-13-6-4-3-5-7-13/h3-7,12H,8-9H2,1-2H3,(H,20,22). The van der Waals surface area contributed by atoms with Crippen molar-refractivity contribution in [2.45, 2.75) is 32.6 Å². The molecule has 0 spiro atoms. The van der Waals surface area contributed by atoms with E-state index < -0.39 is 0 Å². The van der Waals surface area contributed by atoms with E-state index in [1.807, 2.05) is 44.2 Å². The Morgan fingerprint density at radius 1 is 1.17 bits per heavy atom. The van der Waals surface area contributed by atoms with Gasteiger partial charge in [0, 0.05) is 17.0 Å². The number of aromatic nitrogens is 2. The Labute approximate surface area is 138 Å². The highest BCUT2D eigenvalue weighted by molar-refractivity contribution is 7.20. The number of carbonyl (C=O) groups excluding carboxylic acids is 1. The SMILES string of the molecule is Cc1nc(C2CC2)nc2sc(C(=O)Nc3ccccc3)c(C)c12. The van der Waals surface area contributed by atoms with Crippen LogP contribution >= 0.6 is 11.3 Å². The van der Waals surface area contributed by atoms with Gasteiger partial charge in [-0.05, 0) is 44.4 Å². The van der Waals surface area contributed by atoms with Gasteiger partial charge in [0.2, 0.25) is 0 Å². The predicted octanol–water partition coefficient (Wildman–Crippen LogP) is 4.44. The molecule has 2 aromatic heterocycles. The molecular weight excluding hydrogens is 306 g/mol. The summed E-state index contributed by atoms with van der Waals surface area (Å²) in [6.07, 6.45) is 2.35. The highest BCUT2D eigenvalue weighted by Gasteiger charge is 2.28. The second kappa shape index (κ2) is 5.42. The van der Waals surface area contributed by atoms with Gasteiger partial charge in [-0.3, -0.25) is 4.79 Å². The molecule has 2 heterocycles. The zero-order chi connectivity index (χ0) is 16.0. The number of anilines is 1. The van der Waals surface area contributed by atoms with Crippen molar-refractivity contribution in [1.82, 2.24) is 9.97 Å². The molecule has 1 aliphatic rings. The average Bonchev–Trinajstić information content (AvgIpc) is 3.32. The fraction of sp³-hybridized carbons (Fsp3) is 0.278. The monoisotopic (exact) mass is 323 g/mol. The van der Waals surface area contributed by atoms with E-state index in [1.54, 1.807) is 0 Å². The Morgan fingerprint density at radius 3 is 2.61 bits per heavy atom. The smallest absolute Gasteiger partial charge is 0.266 e. The number of hydrogen-bond acceptors (Lipinski definition) is 4. The number of rotatable bonds is 3. The van der Waals surface area contributed by atoms with Crippen molar-refractivity contribution in [3.63, 3.8) is 0 Å². The van der Waals surface area contributed by atoms with Crippen LogP contribution in [0.4, 0.5) is 5.69 Å². The number of benzene rings is 1. The molecule has 0 atom stereocenters. The van der Waals surface area contributed by atoms with Crippen LogP contribution in [-0.4, -0.2) is 15.9 Å². The van der Waals surface area contributed by atoms with E-state index in [2.05, 4.69) is 10.3 Å². The molecule has 23 heavy (non-hydrogen) atoms. The molecule has 1 aliphatic carbocycles. The van der Waals surface area contributed by atoms with Crippen LogP contribution in [0.25, 0.3) is 10.2 Å². The van der Waals surface area contributed by atoms with Crippen LogP contribution in [0.2, 0.25) is 0 Å². The molecule has 0 unspecified atom stereocenters. The number of thiophene rings is 1. The van der Waals surface area contributed by atoms with E-state index in [9.17, 15) is 4.79 Å². The lowest BCUT2D eigenvalue weighted by atomic mass is 10.1. The minimum Gasteiger partial charge on any atom is -0.321 e. The maximum atomic E-state index is 12.6. The zero-order valence-corrected chi connectivity index (χ0v) is 13.9. The zero-order valence-electron chi connectivity index (χ0n) is 13.1. The molecule has 1 amide bonds. The number of fused-ring (bicyclic) bond motifs is 1. The Hall–Kier alpha value is -2.27. The number of nitrogens with one attached hydrogen (secondary N) is 1. The first-order valence-electron chi connectivity index (χ1n) is 7.77. The van der Waals surface area contributed by atoms with Gasteiger partial charge in [0.1, 0.15) is 10.7 Å². The van der Waals surface area contributed by atoms with Crippen LogP contribution in [0, 0.1) is 13.8 Å². The Morgan fingerprint density at radius 2 is 1.91 bits per heavy atom. The maximum Gasteiger partial charge on any atom is 0.266 e. The van der Waals surface area contributed by atoms with Gasteiger partial charge in [-0.2, -0.15) is 0 Å². The van der Waals surface area contributed by atoms with Crippen LogP contribution < -0.4 is 5.32 Å². The van der Waals surface area contributed by atoms with Gasteiger partial charge in [0.15, 0.2) is 0 Å². The number of carbonyl (C=O) groups is 1. The van der Waals surface area contributed by atoms with E-state index >= 15 is 0 Å². The summed E-state index contributed by atoms with van der Waals surface area (Å²) in [5.74, 6) is 1.37. The minimum atomic E-state index is -0.0796. The third-order valence-corrected chi connectivity index (χ3v) is 5.35. The molecule has 4 rings (SSSR count). The van der Waals surface area contributed by atoms with Crippen LogP contribution in [0.3, 0.4) is 0 Å². The molecule has 5 heteroatoms. The number of aryl methyl sites for hydroxylation is 2. The second-order valence-electron chi connectivity index (χ2n) is 6.00. The van der Waals surface area contributed by atoms with Gasteiger partial charge in [0.05, 0.1) is 10.6 Å². The van der Waals surface area contributed by atoms with Gasteiger partial charge in [-0.15, -0.1) is 11.3 Å². The van der Waals surface area contributed by atoms with Crippen molar-refractivity contribution in [2.75, 3.05) is 5.32 Å². The van der Waals surface area contributed by atoms with Gasteiger partial charge >= 0.3 is 0 Å². The minimum absolute atomic E-state index is 0.0796. The first kappa shape index (κ1) is 14.3. The Bertz CT molecular complexity index is 898. The predicted molar refractivity (Wildman–Crippen MR) is 93.3 cm³/mol. The van der Waals surface area contributed by atoms with Gasteiger partial charge < -0.3 is 5.32 Å². The van der Waals surface area contributed by atoms with E-state index in [0.717, 1.165) is 33.0 Å². The number of amides is 1. The van der Waals surface area contributed by atoms with E-state index in [1.165, 1.54) is 24.2 Å². The highest BCUT2D eigenvalue weighted by Crippen LogP contribution is 2.40. The lowest BCUT2D eigenvalue weighted by Crippen LogP contribution is -2.11. The van der Waals surface area contributed by atoms with Crippen LogP contribution in [0.5, 0.6) is 0 Å². The summed E-state index contributed by atoms with van der Waals surface area (Å²) in [6, 6.07) is 9.52. The van der Waals surface area contributed by atoms with Crippen molar-refractivity contribution >= 4 is 33.1 Å². The normalized spacial score (nSPS) is 14.2. The third-order valence-electron chi connectivity index (χ3n) is 4.17. The van der Waals surface area contributed by atoms with Crippen molar-refractivity contribution in [3.8, 4) is 0 Å². The van der Waals surface area contributed by atoms with E-state index in [4.69, 9.17) is 4.98 Å². The van der Waals surface area contributed by atoms with Crippen LogP contribution in [0.1, 0.15) is 45.5 Å². The van der Waals surface area contributed by atoms with E-state index in [-0.39, 0.29) is 5.91 Å². The third kappa shape index (κ3) is 2.61. The molecule has 116 valence electrons. The van der Waals surface area contributed by atoms with Gasteiger partial charge in [-0.1, -0.05) is 18.2 Å². The molecule has 1 saturated carbocycles. The topological polar surface area (TPSA) is 54.9 Å². The van der Waals surface area contributed by atoms with Crippen LogP contribution in [0.15, 0.2) is 30.3 Å². The number of hydrogen-bond donors (Lipinski definition) is 1. The average molecular weight is 323 g/mol. The Balaban J connectivity index is 1.73. The van der Waals surface area contributed by atoms with E-state index in [0.29, 0.717) is 10.8 Å². The summed E-state index contributed by atoms with van der Waals surface area (Å²) in [7, 11) is 0. The first-order chi connectivity index (χ1) is 11.1. The van der Waals surface area contributed by atoms with Crippen molar-refractivity contribution < 1.29 is 4.79 Å². The van der Waals surface area contributed by atoms with Crippen molar-refractivity contribution in [3.05, 3.63) is 52.3 Å². The number of para-hydroxylation sites is 1. The quantitative estimate of drug-likeness (QED) is 0.775. The molecule has 3 aromatic rings. The van der Waals surface area contributed by atoms with Gasteiger partial charge in [-0.25, -0.2) is 9.97 Å². The molecule has 1 N–H and O–H groups in total. The molecule has 4 nitrogen and oxygen atoms in total. The summed E-state index contributed by atoms with van der Waals surface area (Å²) in [5.41, 5.74) is 2.75. The summed E-state index contributed by atoms with van der Waals surface area (Å²) >= 11 is 1.46. The molecule has 1 fully saturated rings. The van der Waals surface area contributed by atoms with Gasteiger partial charge in [0.25, 0.3) is 5.91 Å². The molecule has 1 aromatic carbocycles. The fourth-order valence-electron chi connectivity index (χ4n) is 2.81. The molecule has 0 bridgehead atoms. The van der Waals surface area contributed by atoms with Crippen LogP contribution in [-0.2, 0) is 0 Å². The first-order valence-corrected chi connectivity index (χ1v) is 8.59. The lowest BCUT2D eigenvalue weighted by Gasteiger charge is -2.04. The second-order valence-corrected chi connectivity index (χ2v) is 7.00. The maximum absolute atomic E-state index is 12.6. The lowest BCUT2D eigenvalue weighted by molar-refractivity contribution is 0.103. The summed E-state index contributed by atoms with van der Waals surface area (Å²) in [6.45, 7) is 3.99. The number of nitrogens with zero attached hydrogens (tertiary/aromatic N) is 2.